The first-order valence-electron chi connectivity index (χ1n) is 7.59. The molecule has 0 radical (unpaired) electrons. The Morgan fingerprint density at radius 3 is 2.78 bits per heavy atom. The van der Waals surface area contributed by atoms with E-state index < -0.39 is 5.91 Å². The second kappa shape index (κ2) is 6.62. The van der Waals surface area contributed by atoms with Gasteiger partial charge in [0, 0.05) is 18.3 Å². The Balaban J connectivity index is 1.85. The molecule has 120 valence electrons. The van der Waals surface area contributed by atoms with Gasteiger partial charge in [0.25, 0.3) is 5.91 Å². The fourth-order valence-electron chi connectivity index (χ4n) is 2.49. The van der Waals surface area contributed by atoms with Gasteiger partial charge in [0.05, 0.1) is 6.20 Å². The summed E-state index contributed by atoms with van der Waals surface area (Å²) in [6.45, 7) is 3.89. The van der Waals surface area contributed by atoms with Crippen LogP contribution < -0.4 is 21.7 Å². The van der Waals surface area contributed by atoms with Gasteiger partial charge in [0.1, 0.15) is 5.82 Å². The van der Waals surface area contributed by atoms with E-state index in [2.05, 4.69) is 25.9 Å². The van der Waals surface area contributed by atoms with Crippen LogP contribution in [0.5, 0.6) is 0 Å². The van der Waals surface area contributed by atoms with Gasteiger partial charge in [0.15, 0.2) is 11.5 Å². The van der Waals surface area contributed by atoms with Gasteiger partial charge in [-0.15, -0.1) is 0 Å². The molecule has 3 rings (SSSR count). The fourth-order valence-corrected chi connectivity index (χ4v) is 2.49. The Labute approximate surface area is 134 Å². The number of anilines is 3. The molecule has 7 nitrogen and oxygen atoms in total. The van der Waals surface area contributed by atoms with E-state index >= 15 is 0 Å². The maximum atomic E-state index is 11.6. The van der Waals surface area contributed by atoms with Gasteiger partial charge in [-0.25, -0.2) is 9.97 Å². The highest BCUT2D eigenvalue weighted by atomic mass is 16.1. The Bertz CT molecular complexity index is 694. The molecule has 1 aliphatic rings. The van der Waals surface area contributed by atoms with Crippen LogP contribution in [0.25, 0.3) is 0 Å². The highest BCUT2D eigenvalue weighted by Crippen LogP contribution is 2.20. The van der Waals surface area contributed by atoms with E-state index in [0.717, 1.165) is 30.8 Å². The molecule has 5 N–H and O–H groups in total. The minimum atomic E-state index is -0.610. The number of aryl methyl sites for hydroxylation is 1. The van der Waals surface area contributed by atoms with Crippen molar-refractivity contribution in [3.8, 4) is 0 Å². The molecule has 1 saturated heterocycles. The fraction of sp³-hybridized carbons (Fsp3) is 0.312. The standard InChI is InChI=1S/C16H20N6O/c1-10-2-4-11(5-3-10)21-16-14(15(17)23)19-9-13(22-16)20-12-6-7-18-8-12/h2-5,9,12,18H,6-8H2,1H3,(H2,17,23)(H2,20,21,22). The molecule has 1 amide bonds. The maximum absolute atomic E-state index is 11.6. The van der Waals surface area contributed by atoms with Crippen molar-refractivity contribution >= 4 is 23.2 Å². The maximum Gasteiger partial charge on any atom is 0.271 e. The van der Waals surface area contributed by atoms with Crippen LogP contribution in [0.1, 0.15) is 22.5 Å². The van der Waals surface area contributed by atoms with Crippen molar-refractivity contribution in [3.05, 3.63) is 41.7 Å². The number of hydrogen-bond acceptors (Lipinski definition) is 6. The molecule has 0 bridgehead atoms. The minimum Gasteiger partial charge on any atom is -0.365 e. The molecule has 1 fully saturated rings. The zero-order valence-electron chi connectivity index (χ0n) is 13.0. The van der Waals surface area contributed by atoms with Gasteiger partial charge >= 0.3 is 0 Å². The van der Waals surface area contributed by atoms with Crippen molar-refractivity contribution in [2.24, 2.45) is 5.73 Å². The van der Waals surface area contributed by atoms with Crippen LogP contribution in [0.15, 0.2) is 30.5 Å². The molecule has 2 heterocycles. The molecule has 23 heavy (non-hydrogen) atoms. The number of benzene rings is 1. The third-order valence-electron chi connectivity index (χ3n) is 3.73. The number of aromatic nitrogens is 2. The number of amides is 1. The van der Waals surface area contributed by atoms with Crippen LogP contribution in [-0.4, -0.2) is 35.0 Å². The van der Waals surface area contributed by atoms with E-state index in [1.54, 1.807) is 6.20 Å². The van der Waals surface area contributed by atoms with E-state index in [4.69, 9.17) is 5.73 Å². The van der Waals surface area contributed by atoms with E-state index in [9.17, 15) is 4.79 Å². The van der Waals surface area contributed by atoms with E-state index in [-0.39, 0.29) is 5.69 Å². The normalized spacial score (nSPS) is 17.0. The largest absolute Gasteiger partial charge is 0.365 e. The summed E-state index contributed by atoms with van der Waals surface area (Å²) < 4.78 is 0. The second-order valence-electron chi connectivity index (χ2n) is 5.64. The highest BCUT2D eigenvalue weighted by molar-refractivity contribution is 5.96. The SMILES string of the molecule is Cc1ccc(Nc2nc(NC3CCNC3)cnc2C(N)=O)cc1. The molecule has 1 aromatic carbocycles. The molecule has 7 heteroatoms. The quantitative estimate of drug-likeness (QED) is 0.665. The Morgan fingerprint density at radius 2 is 2.13 bits per heavy atom. The van der Waals surface area contributed by atoms with E-state index in [1.807, 2.05) is 31.2 Å². The summed E-state index contributed by atoms with van der Waals surface area (Å²) in [5.74, 6) is 0.372. The number of nitrogens with one attached hydrogen (secondary N) is 3. The predicted octanol–water partition coefficient (Wildman–Crippen LogP) is 1.40. The van der Waals surface area contributed by atoms with Gasteiger partial charge < -0.3 is 21.7 Å². The second-order valence-corrected chi connectivity index (χ2v) is 5.64. The summed E-state index contributed by atoms with van der Waals surface area (Å²) in [5, 5.41) is 9.71. The number of carbonyl (C=O) groups excluding carboxylic acids is 1. The number of carbonyl (C=O) groups is 1. The third kappa shape index (κ3) is 3.75. The van der Waals surface area contributed by atoms with Crippen molar-refractivity contribution in [2.75, 3.05) is 23.7 Å². The number of nitrogens with zero attached hydrogens (tertiary/aromatic N) is 2. The summed E-state index contributed by atoms with van der Waals surface area (Å²) in [6, 6.07) is 8.11. The summed E-state index contributed by atoms with van der Waals surface area (Å²) in [6.07, 6.45) is 2.57. The Kier molecular flexibility index (Phi) is 4.38. The smallest absolute Gasteiger partial charge is 0.271 e. The third-order valence-corrected chi connectivity index (χ3v) is 3.73. The number of nitrogens with two attached hydrogens (primary N) is 1. The molecule has 1 unspecified atom stereocenters. The summed E-state index contributed by atoms with van der Waals surface area (Å²) in [4.78, 5) is 20.2. The van der Waals surface area contributed by atoms with Crippen molar-refractivity contribution < 1.29 is 4.79 Å². The van der Waals surface area contributed by atoms with Crippen molar-refractivity contribution in [1.29, 1.82) is 0 Å². The lowest BCUT2D eigenvalue weighted by molar-refractivity contribution is 0.0996. The van der Waals surface area contributed by atoms with Crippen LogP contribution >= 0.6 is 0 Å². The van der Waals surface area contributed by atoms with Crippen LogP contribution in [0.4, 0.5) is 17.3 Å². The summed E-state index contributed by atoms with van der Waals surface area (Å²) in [7, 11) is 0. The molecular weight excluding hydrogens is 292 g/mol. The molecule has 2 aromatic rings. The van der Waals surface area contributed by atoms with Gasteiger partial charge in [-0.2, -0.15) is 0 Å². The van der Waals surface area contributed by atoms with Gasteiger partial charge in [-0.3, -0.25) is 4.79 Å². The monoisotopic (exact) mass is 312 g/mol. The summed E-state index contributed by atoms with van der Waals surface area (Å²) in [5.41, 5.74) is 7.50. The van der Waals surface area contributed by atoms with Crippen LogP contribution in [-0.2, 0) is 0 Å². The number of hydrogen-bond donors (Lipinski definition) is 4. The van der Waals surface area contributed by atoms with Crippen LogP contribution in [0.2, 0.25) is 0 Å². The van der Waals surface area contributed by atoms with Gasteiger partial charge in [-0.05, 0) is 32.0 Å². The summed E-state index contributed by atoms with van der Waals surface area (Å²) >= 11 is 0. The first kappa shape index (κ1) is 15.2. The molecule has 0 spiro atoms. The number of primary amides is 1. The molecular formula is C16H20N6O. The molecule has 1 aliphatic heterocycles. The van der Waals surface area contributed by atoms with Crippen molar-refractivity contribution in [3.63, 3.8) is 0 Å². The zero-order chi connectivity index (χ0) is 16.2. The molecule has 0 aliphatic carbocycles. The number of rotatable bonds is 5. The van der Waals surface area contributed by atoms with E-state index in [0.29, 0.717) is 17.7 Å². The zero-order valence-corrected chi connectivity index (χ0v) is 13.0. The van der Waals surface area contributed by atoms with Crippen molar-refractivity contribution in [1.82, 2.24) is 15.3 Å². The van der Waals surface area contributed by atoms with Gasteiger partial charge in [0.2, 0.25) is 0 Å². The Hall–Kier alpha value is -2.67. The van der Waals surface area contributed by atoms with Crippen LogP contribution in [0.3, 0.4) is 0 Å². The van der Waals surface area contributed by atoms with Crippen molar-refractivity contribution in [2.45, 2.75) is 19.4 Å². The Morgan fingerprint density at radius 1 is 1.35 bits per heavy atom. The van der Waals surface area contributed by atoms with Gasteiger partial charge in [-0.1, -0.05) is 17.7 Å². The van der Waals surface area contributed by atoms with Crippen LogP contribution in [0, 0.1) is 6.92 Å². The average molecular weight is 312 g/mol. The molecule has 1 atom stereocenters. The predicted molar refractivity (Wildman–Crippen MR) is 89.9 cm³/mol. The average Bonchev–Trinajstić information content (AvgIpc) is 3.02. The molecule has 0 saturated carbocycles. The first-order valence-corrected chi connectivity index (χ1v) is 7.59. The topological polar surface area (TPSA) is 105 Å². The van der Waals surface area contributed by atoms with E-state index in [1.165, 1.54) is 0 Å². The lowest BCUT2D eigenvalue weighted by Gasteiger charge is -2.14. The lowest BCUT2D eigenvalue weighted by Crippen LogP contribution is -2.24. The molecule has 1 aromatic heterocycles. The minimum absolute atomic E-state index is 0.126. The lowest BCUT2D eigenvalue weighted by atomic mass is 10.2. The highest BCUT2D eigenvalue weighted by Gasteiger charge is 2.17. The first-order chi connectivity index (χ1) is 11.1.